The van der Waals surface area contributed by atoms with Crippen LogP contribution in [0, 0.1) is 6.92 Å². The SMILES string of the molecule is CCN(CC(OCCOCCO)c1ccccc1)c1ccc(N)c(C)c1. The molecule has 0 aromatic heterocycles. The van der Waals surface area contributed by atoms with Crippen molar-refractivity contribution in [2.45, 2.75) is 20.0 Å². The Morgan fingerprint density at radius 3 is 2.50 bits per heavy atom. The molecule has 0 amide bonds. The van der Waals surface area contributed by atoms with E-state index in [1.807, 2.05) is 31.2 Å². The van der Waals surface area contributed by atoms with Crippen LogP contribution in [-0.4, -0.2) is 44.6 Å². The minimum Gasteiger partial charge on any atom is -0.399 e. The second-order valence-electron chi connectivity index (χ2n) is 6.19. The number of hydrogen-bond acceptors (Lipinski definition) is 5. The molecule has 5 heteroatoms. The van der Waals surface area contributed by atoms with E-state index in [4.69, 9.17) is 20.3 Å². The third kappa shape index (κ3) is 6.02. The van der Waals surface area contributed by atoms with Gasteiger partial charge >= 0.3 is 0 Å². The lowest BCUT2D eigenvalue weighted by Crippen LogP contribution is -2.30. The number of nitrogen functional groups attached to an aromatic ring is 1. The molecule has 0 heterocycles. The van der Waals surface area contributed by atoms with E-state index in [9.17, 15) is 0 Å². The molecule has 0 radical (unpaired) electrons. The Balaban J connectivity index is 2.08. The van der Waals surface area contributed by atoms with Crippen LogP contribution in [0.3, 0.4) is 0 Å². The van der Waals surface area contributed by atoms with Gasteiger partial charge in [0.05, 0.1) is 26.4 Å². The van der Waals surface area contributed by atoms with Crippen LogP contribution >= 0.6 is 0 Å². The van der Waals surface area contributed by atoms with E-state index in [-0.39, 0.29) is 12.7 Å². The normalized spacial score (nSPS) is 12.1. The first kappa shape index (κ1) is 20.2. The van der Waals surface area contributed by atoms with E-state index in [2.05, 4.69) is 36.1 Å². The summed E-state index contributed by atoms with van der Waals surface area (Å²) in [5.74, 6) is 0. The number of ether oxygens (including phenoxy) is 2. The Kier molecular flexibility index (Phi) is 8.41. The van der Waals surface area contributed by atoms with Crippen LogP contribution in [0.15, 0.2) is 48.5 Å². The number of aliphatic hydroxyl groups excluding tert-OH is 1. The van der Waals surface area contributed by atoms with Crippen molar-refractivity contribution in [2.75, 3.05) is 50.2 Å². The molecular formula is C21H30N2O3. The van der Waals surface area contributed by atoms with E-state index in [1.54, 1.807) is 0 Å². The van der Waals surface area contributed by atoms with Gasteiger partial charge in [-0.25, -0.2) is 0 Å². The van der Waals surface area contributed by atoms with Crippen molar-refractivity contribution in [3.63, 3.8) is 0 Å². The highest BCUT2D eigenvalue weighted by Gasteiger charge is 2.17. The van der Waals surface area contributed by atoms with Gasteiger partial charge in [-0.05, 0) is 43.2 Å². The molecule has 2 rings (SSSR count). The van der Waals surface area contributed by atoms with Crippen molar-refractivity contribution in [1.29, 1.82) is 0 Å². The second-order valence-corrected chi connectivity index (χ2v) is 6.19. The molecule has 2 aromatic rings. The van der Waals surface area contributed by atoms with Gasteiger partial charge in [-0.2, -0.15) is 0 Å². The summed E-state index contributed by atoms with van der Waals surface area (Å²) in [5.41, 5.74) is 10.1. The molecule has 1 atom stereocenters. The van der Waals surface area contributed by atoms with E-state index < -0.39 is 0 Å². The van der Waals surface area contributed by atoms with Gasteiger partial charge in [-0.1, -0.05) is 30.3 Å². The molecule has 2 aromatic carbocycles. The summed E-state index contributed by atoms with van der Waals surface area (Å²) in [6.45, 7) is 7.09. The van der Waals surface area contributed by atoms with Crippen LogP contribution in [0.5, 0.6) is 0 Å². The fourth-order valence-corrected chi connectivity index (χ4v) is 2.81. The van der Waals surface area contributed by atoms with Crippen molar-refractivity contribution >= 4 is 11.4 Å². The smallest absolute Gasteiger partial charge is 0.100 e. The molecule has 26 heavy (non-hydrogen) atoms. The fraction of sp³-hybridized carbons (Fsp3) is 0.429. The third-order valence-electron chi connectivity index (χ3n) is 4.34. The number of nitrogens with two attached hydrogens (primary N) is 1. The number of rotatable bonds is 11. The largest absolute Gasteiger partial charge is 0.399 e. The summed E-state index contributed by atoms with van der Waals surface area (Å²) in [4.78, 5) is 2.29. The number of likely N-dealkylation sites (N-methyl/N-ethyl adjacent to an activating group) is 1. The molecule has 0 aliphatic heterocycles. The molecule has 0 saturated heterocycles. The van der Waals surface area contributed by atoms with E-state index in [0.29, 0.717) is 19.8 Å². The zero-order chi connectivity index (χ0) is 18.8. The topological polar surface area (TPSA) is 68.0 Å². The minimum absolute atomic E-state index is 0.0300. The molecule has 0 saturated carbocycles. The predicted octanol–water partition coefficient (Wildman–Crippen LogP) is 3.17. The van der Waals surface area contributed by atoms with Gasteiger partial charge in [0.2, 0.25) is 0 Å². The fourth-order valence-electron chi connectivity index (χ4n) is 2.81. The monoisotopic (exact) mass is 358 g/mol. The number of nitrogens with zero attached hydrogens (tertiary/aromatic N) is 1. The summed E-state index contributed by atoms with van der Waals surface area (Å²) >= 11 is 0. The van der Waals surface area contributed by atoms with Gasteiger partial charge in [0, 0.05) is 24.5 Å². The zero-order valence-electron chi connectivity index (χ0n) is 15.7. The minimum atomic E-state index is -0.0632. The van der Waals surface area contributed by atoms with Crippen LogP contribution in [0.2, 0.25) is 0 Å². The lowest BCUT2D eigenvalue weighted by atomic mass is 10.1. The zero-order valence-corrected chi connectivity index (χ0v) is 15.7. The Bertz CT molecular complexity index is 649. The highest BCUT2D eigenvalue weighted by Crippen LogP contribution is 2.25. The average molecular weight is 358 g/mol. The quantitative estimate of drug-likeness (QED) is 0.477. The van der Waals surface area contributed by atoms with Crippen LogP contribution in [-0.2, 0) is 9.47 Å². The summed E-state index contributed by atoms with van der Waals surface area (Å²) in [6, 6.07) is 16.3. The highest BCUT2D eigenvalue weighted by atomic mass is 16.5. The van der Waals surface area contributed by atoms with Crippen molar-refractivity contribution in [1.82, 2.24) is 0 Å². The Morgan fingerprint density at radius 2 is 1.85 bits per heavy atom. The van der Waals surface area contributed by atoms with Crippen molar-refractivity contribution in [2.24, 2.45) is 0 Å². The van der Waals surface area contributed by atoms with Crippen molar-refractivity contribution in [3.8, 4) is 0 Å². The van der Waals surface area contributed by atoms with Crippen molar-refractivity contribution in [3.05, 3.63) is 59.7 Å². The number of anilines is 2. The summed E-state index contributed by atoms with van der Waals surface area (Å²) in [6.07, 6.45) is -0.0632. The molecule has 0 bridgehead atoms. The highest BCUT2D eigenvalue weighted by molar-refractivity contribution is 5.58. The summed E-state index contributed by atoms with van der Waals surface area (Å²) in [5, 5.41) is 8.79. The van der Waals surface area contributed by atoms with Crippen molar-refractivity contribution < 1.29 is 14.6 Å². The van der Waals surface area contributed by atoms with E-state index >= 15 is 0 Å². The molecule has 0 aliphatic rings. The summed E-state index contributed by atoms with van der Waals surface area (Å²) < 4.78 is 11.4. The van der Waals surface area contributed by atoms with Crippen LogP contribution < -0.4 is 10.6 Å². The van der Waals surface area contributed by atoms with E-state index in [0.717, 1.165) is 35.6 Å². The van der Waals surface area contributed by atoms with Crippen LogP contribution in [0.1, 0.15) is 24.2 Å². The molecule has 0 spiro atoms. The molecular weight excluding hydrogens is 328 g/mol. The first-order chi connectivity index (χ1) is 12.7. The van der Waals surface area contributed by atoms with Gasteiger partial charge in [-0.3, -0.25) is 0 Å². The lowest BCUT2D eigenvalue weighted by molar-refractivity contribution is -0.000650. The molecule has 0 aliphatic carbocycles. The maximum Gasteiger partial charge on any atom is 0.100 e. The van der Waals surface area contributed by atoms with Gasteiger partial charge in [0.1, 0.15) is 6.10 Å². The first-order valence-electron chi connectivity index (χ1n) is 9.12. The molecule has 5 nitrogen and oxygen atoms in total. The van der Waals surface area contributed by atoms with Gasteiger partial charge in [-0.15, -0.1) is 0 Å². The standard InChI is InChI=1S/C21H30N2O3/c1-3-23(19-9-10-20(22)17(2)15-19)16-21(18-7-5-4-6-8-18)26-14-13-25-12-11-24/h4-10,15,21,24H,3,11-14,16,22H2,1-2H3. The molecule has 3 N–H and O–H groups in total. The lowest BCUT2D eigenvalue weighted by Gasteiger charge is -2.29. The second kappa shape index (κ2) is 10.8. The number of benzene rings is 2. The van der Waals surface area contributed by atoms with E-state index in [1.165, 1.54) is 0 Å². The Hall–Kier alpha value is -2.08. The maximum atomic E-state index is 8.79. The van der Waals surface area contributed by atoms with Crippen LogP contribution in [0.25, 0.3) is 0 Å². The molecule has 142 valence electrons. The number of hydrogen-bond donors (Lipinski definition) is 2. The molecule has 0 fully saturated rings. The third-order valence-corrected chi connectivity index (χ3v) is 4.34. The average Bonchev–Trinajstić information content (AvgIpc) is 2.67. The van der Waals surface area contributed by atoms with Crippen LogP contribution in [0.4, 0.5) is 11.4 Å². The molecule has 1 unspecified atom stereocenters. The first-order valence-corrected chi connectivity index (χ1v) is 9.12. The summed E-state index contributed by atoms with van der Waals surface area (Å²) in [7, 11) is 0. The maximum absolute atomic E-state index is 8.79. The number of aryl methyl sites for hydroxylation is 1. The van der Waals surface area contributed by atoms with Gasteiger partial charge in [0.25, 0.3) is 0 Å². The van der Waals surface area contributed by atoms with Gasteiger partial charge < -0.3 is 25.2 Å². The predicted molar refractivity (Wildman–Crippen MR) is 107 cm³/mol. The number of aliphatic hydroxyl groups is 1. The Labute approximate surface area is 156 Å². The Morgan fingerprint density at radius 1 is 1.08 bits per heavy atom. The van der Waals surface area contributed by atoms with Gasteiger partial charge in [0.15, 0.2) is 0 Å².